The van der Waals surface area contributed by atoms with Gasteiger partial charge in [0.1, 0.15) is 12.7 Å². The van der Waals surface area contributed by atoms with Gasteiger partial charge in [0.25, 0.3) is 5.91 Å². The Kier molecular flexibility index (Phi) is 7.57. The number of ether oxygens (including phenoxy) is 1. The highest BCUT2D eigenvalue weighted by atomic mass is 35.5. The Balaban J connectivity index is 1.22. The normalized spacial score (nSPS) is 18.6. The first-order valence-corrected chi connectivity index (χ1v) is 14.4. The van der Waals surface area contributed by atoms with Gasteiger partial charge in [0, 0.05) is 22.5 Å². The summed E-state index contributed by atoms with van der Waals surface area (Å²) in [7, 11) is 0. The van der Waals surface area contributed by atoms with Crippen LogP contribution in [0.15, 0.2) is 53.7 Å². The Hall–Kier alpha value is -2.98. The predicted octanol–water partition coefficient (Wildman–Crippen LogP) is 5.30. The van der Waals surface area contributed by atoms with Gasteiger partial charge in [-0.05, 0) is 80.2 Å². The average molecular weight is 570 g/mol. The molecule has 1 amide bonds. The van der Waals surface area contributed by atoms with E-state index in [2.05, 4.69) is 15.4 Å². The number of fused-ring (bicyclic) bond motifs is 1. The third-order valence-electron chi connectivity index (χ3n) is 7.28. The number of carbonyl (C=O) groups excluding carboxylic acids is 1. The van der Waals surface area contributed by atoms with Crippen LogP contribution in [0.2, 0.25) is 4.34 Å². The molecule has 10 heteroatoms. The summed E-state index contributed by atoms with van der Waals surface area (Å²) in [6.45, 7) is 2.43. The smallest absolute Gasteiger partial charge is 0.274 e. The molecular weight excluding hydrogens is 541 g/mol. The first-order valence-electron chi connectivity index (χ1n) is 13.2. The Morgan fingerprint density at radius 1 is 1.21 bits per heavy atom. The minimum atomic E-state index is -1.13. The minimum Gasteiger partial charge on any atom is -0.487 e. The molecule has 7 nitrogen and oxygen atoms in total. The molecule has 3 heterocycles. The number of likely N-dealkylation sites (tertiary alicyclic amines) is 1. The number of thiophene rings is 1. The van der Waals surface area contributed by atoms with Gasteiger partial charge in [-0.15, -0.1) is 11.3 Å². The van der Waals surface area contributed by atoms with Crippen LogP contribution in [0.5, 0.6) is 5.75 Å². The van der Waals surface area contributed by atoms with Crippen molar-refractivity contribution in [1.82, 2.24) is 10.2 Å². The summed E-state index contributed by atoms with van der Waals surface area (Å²) < 4.78 is 21.1. The topological polar surface area (TPSA) is 83.4 Å². The van der Waals surface area contributed by atoms with E-state index in [1.807, 2.05) is 30.3 Å². The molecular formula is C29H29ClFN3O4S. The average Bonchev–Trinajstić information content (AvgIpc) is 3.40. The first-order chi connectivity index (χ1) is 18.9. The summed E-state index contributed by atoms with van der Waals surface area (Å²) in [6.07, 6.45) is 2.91. The van der Waals surface area contributed by atoms with Crippen molar-refractivity contribution in [3.8, 4) is 16.2 Å². The lowest BCUT2D eigenvalue weighted by Gasteiger charge is -2.29. The van der Waals surface area contributed by atoms with E-state index in [0.717, 1.165) is 54.8 Å². The molecule has 1 aliphatic carbocycles. The van der Waals surface area contributed by atoms with Crippen LogP contribution in [0.1, 0.15) is 48.5 Å². The molecule has 2 aromatic carbocycles. The number of benzene rings is 2. The van der Waals surface area contributed by atoms with Crippen LogP contribution in [-0.4, -0.2) is 53.4 Å². The number of nitrogens with zero attached hydrogens (tertiary/aromatic N) is 2. The van der Waals surface area contributed by atoms with E-state index in [9.17, 15) is 14.3 Å². The Bertz CT molecular complexity index is 1400. The van der Waals surface area contributed by atoms with Crippen molar-refractivity contribution in [2.45, 2.75) is 50.5 Å². The number of nitrogens with one attached hydrogen (secondary N) is 1. The van der Waals surface area contributed by atoms with Gasteiger partial charge >= 0.3 is 0 Å². The van der Waals surface area contributed by atoms with Gasteiger partial charge in [-0.2, -0.15) is 0 Å². The number of rotatable bonds is 9. The number of carbonyl (C=O) groups is 1. The molecule has 2 unspecified atom stereocenters. The molecule has 2 fully saturated rings. The van der Waals surface area contributed by atoms with E-state index in [1.54, 1.807) is 12.1 Å². The summed E-state index contributed by atoms with van der Waals surface area (Å²) in [4.78, 5) is 22.2. The second kappa shape index (κ2) is 11.3. The fraction of sp³-hybridized carbons (Fsp3) is 0.379. The summed E-state index contributed by atoms with van der Waals surface area (Å²) >= 11 is 7.59. The lowest BCUT2D eigenvalue weighted by Crippen LogP contribution is -2.49. The number of aliphatic hydroxyl groups is 1. The highest BCUT2D eigenvalue weighted by Gasteiger charge is 2.31. The molecule has 3 aromatic rings. The SMILES string of the molecule is O=C(NC(CN1CCCC1)C(O)c1ccc(OC2CC2)c(F)c1)C1=NOCc2cc(-c3ccc(Cl)s3)ccc21. The maximum absolute atomic E-state index is 14.8. The zero-order chi connectivity index (χ0) is 26.9. The summed E-state index contributed by atoms with van der Waals surface area (Å²) in [5.41, 5.74) is 3.01. The lowest BCUT2D eigenvalue weighted by atomic mass is 9.97. The molecule has 0 radical (unpaired) electrons. The van der Waals surface area contributed by atoms with Crippen molar-refractivity contribution >= 4 is 34.6 Å². The van der Waals surface area contributed by atoms with Crippen LogP contribution >= 0.6 is 22.9 Å². The van der Waals surface area contributed by atoms with Crippen LogP contribution in [0.25, 0.3) is 10.4 Å². The zero-order valence-corrected chi connectivity index (χ0v) is 22.8. The van der Waals surface area contributed by atoms with Crippen LogP contribution < -0.4 is 10.1 Å². The van der Waals surface area contributed by atoms with Gasteiger partial charge in [0.05, 0.1) is 16.5 Å². The Morgan fingerprint density at radius 2 is 2.03 bits per heavy atom. The van der Waals surface area contributed by atoms with Crippen molar-refractivity contribution in [1.29, 1.82) is 0 Å². The quantitative estimate of drug-likeness (QED) is 0.365. The van der Waals surface area contributed by atoms with Gasteiger partial charge in [-0.1, -0.05) is 35.0 Å². The van der Waals surface area contributed by atoms with Gasteiger partial charge in [-0.25, -0.2) is 4.39 Å². The molecule has 1 saturated heterocycles. The maximum atomic E-state index is 14.8. The number of halogens is 2. The molecule has 3 aliphatic rings. The summed E-state index contributed by atoms with van der Waals surface area (Å²) in [6, 6.07) is 13.4. The molecule has 0 spiro atoms. The van der Waals surface area contributed by atoms with Gasteiger partial charge in [0.15, 0.2) is 17.3 Å². The Morgan fingerprint density at radius 3 is 2.74 bits per heavy atom. The standard InChI is InChI=1S/C29H29ClFN3O4S/c30-26-10-9-25(39-26)17-3-7-21-19(13-17)16-37-33-27(21)29(36)32-23(15-34-11-1-2-12-34)28(35)18-4-8-24(22(31)14-18)38-20-5-6-20/h3-4,7-10,13-14,20,23,28,35H,1-2,5-6,11-12,15-16H2,(H,32,36). The number of oxime groups is 1. The molecule has 6 rings (SSSR count). The zero-order valence-electron chi connectivity index (χ0n) is 21.2. The third-order valence-corrected chi connectivity index (χ3v) is 8.56. The van der Waals surface area contributed by atoms with E-state index in [-0.39, 0.29) is 24.2 Å². The van der Waals surface area contributed by atoms with Crippen molar-refractivity contribution < 1.29 is 23.9 Å². The minimum absolute atomic E-state index is 0.0676. The molecule has 1 saturated carbocycles. The molecule has 1 aromatic heterocycles. The van der Waals surface area contributed by atoms with Crippen LogP contribution in [0.4, 0.5) is 4.39 Å². The molecule has 2 N–H and O–H groups in total. The first kappa shape index (κ1) is 26.3. The summed E-state index contributed by atoms with van der Waals surface area (Å²) in [5, 5.41) is 18.4. The van der Waals surface area contributed by atoms with Gasteiger partial charge in [-0.3, -0.25) is 4.79 Å². The van der Waals surface area contributed by atoms with E-state index in [0.29, 0.717) is 22.0 Å². The van der Waals surface area contributed by atoms with Crippen molar-refractivity contribution in [3.63, 3.8) is 0 Å². The van der Waals surface area contributed by atoms with Gasteiger partial charge in [0.2, 0.25) is 0 Å². The van der Waals surface area contributed by atoms with Gasteiger partial charge < -0.3 is 24.9 Å². The number of aliphatic hydroxyl groups excluding tert-OH is 1. The van der Waals surface area contributed by atoms with Crippen molar-refractivity contribution in [2.75, 3.05) is 19.6 Å². The molecule has 2 atom stereocenters. The van der Waals surface area contributed by atoms with Crippen LogP contribution in [0.3, 0.4) is 0 Å². The molecule has 39 heavy (non-hydrogen) atoms. The third kappa shape index (κ3) is 5.96. The number of hydrogen-bond acceptors (Lipinski definition) is 7. The Labute approximate surface area is 235 Å². The van der Waals surface area contributed by atoms with Crippen molar-refractivity contribution in [2.24, 2.45) is 5.16 Å². The van der Waals surface area contributed by atoms with Crippen LogP contribution in [-0.2, 0) is 16.2 Å². The molecule has 2 aliphatic heterocycles. The second-order valence-electron chi connectivity index (χ2n) is 10.2. The largest absolute Gasteiger partial charge is 0.487 e. The second-order valence-corrected chi connectivity index (χ2v) is 11.9. The fourth-order valence-corrected chi connectivity index (χ4v) is 6.08. The van der Waals surface area contributed by atoms with Crippen molar-refractivity contribution in [3.05, 3.63) is 75.4 Å². The molecule has 204 valence electrons. The van der Waals surface area contributed by atoms with E-state index < -0.39 is 23.9 Å². The summed E-state index contributed by atoms with van der Waals surface area (Å²) in [5.74, 6) is -0.796. The van der Waals surface area contributed by atoms with E-state index in [1.165, 1.54) is 17.4 Å². The molecule has 0 bridgehead atoms. The monoisotopic (exact) mass is 569 g/mol. The van der Waals surface area contributed by atoms with E-state index in [4.69, 9.17) is 21.2 Å². The highest BCUT2D eigenvalue weighted by molar-refractivity contribution is 7.19. The maximum Gasteiger partial charge on any atom is 0.274 e. The van der Waals surface area contributed by atoms with E-state index >= 15 is 0 Å². The highest BCUT2D eigenvalue weighted by Crippen LogP contribution is 2.34. The predicted molar refractivity (Wildman–Crippen MR) is 149 cm³/mol. The number of amides is 1. The lowest BCUT2D eigenvalue weighted by molar-refractivity contribution is -0.116. The number of hydrogen-bond donors (Lipinski definition) is 2. The fourth-order valence-electron chi connectivity index (χ4n) is 5.05. The van der Waals surface area contributed by atoms with Crippen LogP contribution in [0, 0.1) is 5.82 Å².